The zero-order chi connectivity index (χ0) is 20.6. The van der Waals surface area contributed by atoms with Gasteiger partial charge < -0.3 is 9.47 Å². The molecule has 1 aromatic heterocycles. The third-order valence-corrected chi connectivity index (χ3v) is 5.38. The number of unbranched alkanes of at least 4 members (excludes halogenated alkanes) is 2. The van der Waals surface area contributed by atoms with Gasteiger partial charge in [-0.1, -0.05) is 61.2 Å². The van der Waals surface area contributed by atoms with Crippen LogP contribution in [-0.2, 0) is 13.1 Å². The molecule has 0 bridgehead atoms. The van der Waals surface area contributed by atoms with E-state index in [1.807, 2.05) is 47.5 Å². The lowest BCUT2D eigenvalue weighted by molar-refractivity contribution is 0.0736. The van der Waals surface area contributed by atoms with Gasteiger partial charge in [-0.2, -0.15) is 0 Å². The van der Waals surface area contributed by atoms with Crippen LogP contribution in [0.3, 0.4) is 0 Å². The number of hydrogen-bond donors (Lipinski definition) is 0. The second-order valence-corrected chi connectivity index (χ2v) is 8.07. The fraction of sp³-hybridized carbons (Fsp3) is 0.292. The normalized spacial score (nSPS) is 10.9. The average Bonchev–Trinajstić information content (AvgIpc) is 3.13. The monoisotopic (exact) mass is 428 g/mol. The van der Waals surface area contributed by atoms with Gasteiger partial charge in [0.15, 0.2) is 0 Å². The molecule has 0 radical (unpaired) electrons. The molecule has 29 heavy (non-hydrogen) atoms. The number of benzene rings is 2. The summed E-state index contributed by atoms with van der Waals surface area (Å²) >= 11 is 12.2. The second-order valence-electron chi connectivity index (χ2n) is 7.20. The summed E-state index contributed by atoms with van der Waals surface area (Å²) in [4.78, 5) is 15.1. The Hall–Kier alpha value is -2.23. The van der Waals surface area contributed by atoms with E-state index in [0.29, 0.717) is 17.1 Å². The number of amides is 1. The lowest BCUT2D eigenvalue weighted by atomic mass is 10.1. The Balaban J connectivity index is 1.79. The van der Waals surface area contributed by atoms with E-state index in [9.17, 15) is 4.79 Å². The topological polar surface area (TPSA) is 25.2 Å². The summed E-state index contributed by atoms with van der Waals surface area (Å²) in [5.74, 6) is 0.0131. The Morgan fingerprint density at radius 3 is 2.45 bits per heavy atom. The molecule has 0 aliphatic rings. The predicted octanol–water partition coefficient (Wildman–Crippen LogP) is 6.68. The first kappa shape index (κ1) is 21.5. The first-order chi connectivity index (χ1) is 14.1. The van der Waals surface area contributed by atoms with E-state index in [2.05, 4.69) is 23.6 Å². The Morgan fingerprint density at radius 2 is 1.72 bits per heavy atom. The van der Waals surface area contributed by atoms with Gasteiger partial charge in [0.1, 0.15) is 0 Å². The van der Waals surface area contributed by atoms with E-state index in [1.165, 1.54) is 0 Å². The van der Waals surface area contributed by atoms with Crippen LogP contribution in [-0.4, -0.2) is 21.9 Å². The number of halogens is 2. The second kappa shape index (κ2) is 10.5. The third kappa shape index (κ3) is 6.12. The van der Waals surface area contributed by atoms with Crippen molar-refractivity contribution in [1.82, 2.24) is 9.47 Å². The molecule has 1 heterocycles. The highest BCUT2D eigenvalue weighted by Gasteiger charge is 2.18. The Kier molecular flexibility index (Phi) is 7.79. The number of carbonyl (C=O) groups excluding carboxylic acids is 1. The van der Waals surface area contributed by atoms with Crippen LogP contribution < -0.4 is 0 Å². The van der Waals surface area contributed by atoms with E-state index in [0.717, 1.165) is 48.6 Å². The molecule has 0 N–H and O–H groups in total. The molecule has 5 heteroatoms. The summed E-state index contributed by atoms with van der Waals surface area (Å²) in [5.41, 5.74) is 2.85. The molecule has 0 atom stereocenters. The number of aromatic nitrogens is 1. The van der Waals surface area contributed by atoms with Gasteiger partial charge >= 0.3 is 0 Å². The maximum atomic E-state index is 13.2. The van der Waals surface area contributed by atoms with Crippen LogP contribution in [0.25, 0.3) is 0 Å². The highest BCUT2D eigenvalue weighted by molar-refractivity contribution is 6.31. The van der Waals surface area contributed by atoms with Gasteiger partial charge in [0.05, 0.1) is 6.54 Å². The molecule has 3 rings (SSSR count). The van der Waals surface area contributed by atoms with Crippen molar-refractivity contribution in [3.05, 3.63) is 93.7 Å². The van der Waals surface area contributed by atoms with Crippen LogP contribution in [0.5, 0.6) is 0 Å². The molecule has 0 aliphatic heterocycles. The van der Waals surface area contributed by atoms with Crippen molar-refractivity contribution in [2.75, 3.05) is 6.54 Å². The molecule has 0 spiro atoms. The SMILES string of the molecule is CCCCCN(Cc1cccn1Cc1cccc(Cl)c1)C(=O)c1cccc(Cl)c1. The van der Waals surface area contributed by atoms with Gasteiger partial charge in [-0.25, -0.2) is 0 Å². The zero-order valence-corrected chi connectivity index (χ0v) is 18.2. The molecule has 3 nitrogen and oxygen atoms in total. The van der Waals surface area contributed by atoms with Crippen molar-refractivity contribution in [3.8, 4) is 0 Å². The lowest BCUT2D eigenvalue weighted by Crippen LogP contribution is -2.32. The van der Waals surface area contributed by atoms with Gasteiger partial charge in [0.2, 0.25) is 0 Å². The molecule has 1 amide bonds. The maximum Gasteiger partial charge on any atom is 0.254 e. The zero-order valence-electron chi connectivity index (χ0n) is 16.7. The van der Waals surface area contributed by atoms with Crippen molar-refractivity contribution in [1.29, 1.82) is 0 Å². The molecule has 2 aromatic carbocycles. The van der Waals surface area contributed by atoms with Gasteiger partial charge in [0, 0.05) is 40.6 Å². The van der Waals surface area contributed by atoms with Gasteiger partial charge in [-0.05, 0) is 54.4 Å². The minimum atomic E-state index is 0.0131. The van der Waals surface area contributed by atoms with Crippen LogP contribution in [0.1, 0.15) is 47.8 Å². The molecule has 0 aliphatic carbocycles. The average molecular weight is 429 g/mol. The quantitative estimate of drug-likeness (QED) is 0.349. The number of hydrogen-bond acceptors (Lipinski definition) is 1. The largest absolute Gasteiger partial charge is 0.345 e. The van der Waals surface area contributed by atoms with Gasteiger partial charge in [-0.15, -0.1) is 0 Å². The maximum absolute atomic E-state index is 13.2. The van der Waals surface area contributed by atoms with Crippen molar-refractivity contribution >= 4 is 29.1 Å². The Bertz CT molecular complexity index is 951. The fourth-order valence-electron chi connectivity index (χ4n) is 3.38. The van der Waals surface area contributed by atoms with Crippen molar-refractivity contribution in [2.24, 2.45) is 0 Å². The minimum absolute atomic E-state index is 0.0131. The van der Waals surface area contributed by atoms with Crippen LogP contribution in [0.15, 0.2) is 66.9 Å². The summed E-state index contributed by atoms with van der Waals surface area (Å²) in [6, 6.07) is 19.1. The standard InChI is InChI=1S/C24H26Cl2N2O/c1-2-3-4-13-28(24(29)20-9-6-11-22(26)16-20)18-23-12-7-14-27(23)17-19-8-5-10-21(25)15-19/h5-12,14-16H,2-4,13,17-18H2,1H3. The first-order valence-electron chi connectivity index (χ1n) is 10.00. The van der Waals surface area contributed by atoms with Crippen LogP contribution in [0, 0.1) is 0 Å². The van der Waals surface area contributed by atoms with E-state index < -0.39 is 0 Å². The van der Waals surface area contributed by atoms with E-state index in [1.54, 1.807) is 12.1 Å². The molecule has 3 aromatic rings. The number of rotatable bonds is 9. The number of nitrogens with zero attached hydrogens (tertiary/aromatic N) is 2. The van der Waals surface area contributed by atoms with Gasteiger partial charge in [0.25, 0.3) is 5.91 Å². The molecule has 0 unspecified atom stereocenters. The first-order valence-corrected chi connectivity index (χ1v) is 10.8. The van der Waals surface area contributed by atoms with Crippen molar-refractivity contribution in [2.45, 2.75) is 39.3 Å². The molecule has 0 saturated heterocycles. The van der Waals surface area contributed by atoms with Crippen molar-refractivity contribution in [3.63, 3.8) is 0 Å². The highest BCUT2D eigenvalue weighted by atomic mass is 35.5. The summed E-state index contributed by atoms with van der Waals surface area (Å²) < 4.78 is 2.17. The van der Waals surface area contributed by atoms with E-state index in [-0.39, 0.29) is 5.91 Å². The molecular formula is C24H26Cl2N2O. The summed E-state index contributed by atoms with van der Waals surface area (Å²) in [6.07, 6.45) is 5.25. The molecule has 0 saturated carbocycles. The van der Waals surface area contributed by atoms with Crippen LogP contribution >= 0.6 is 23.2 Å². The van der Waals surface area contributed by atoms with Crippen molar-refractivity contribution < 1.29 is 4.79 Å². The van der Waals surface area contributed by atoms with E-state index >= 15 is 0 Å². The molecule has 0 fully saturated rings. The van der Waals surface area contributed by atoms with Crippen LogP contribution in [0.2, 0.25) is 10.0 Å². The Labute approximate surface area is 182 Å². The third-order valence-electron chi connectivity index (χ3n) is 4.91. The van der Waals surface area contributed by atoms with E-state index in [4.69, 9.17) is 23.2 Å². The fourth-order valence-corrected chi connectivity index (χ4v) is 3.79. The molecular weight excluding hydrogens is 403 g/mol. The smallest absolute Gasteiger partial charge is 0.254 e. The summed E-state index contributed by atoms with van der Waals surface area (Å²) in [7, 11) is 0. The Morgan fingerprint density at radius 1 is 0.966 bits per heavy atom. The molecule has 152 valence electrons. The summed E-state index contributed by atoms with van der Waals surface area (Å²) in [6.45, 7) is 4.17. The lowest BCUT2D eigenvalue weighted by Gasteiger charge is -2.24. The minimum Gasteiger partial charge on any atom is -0.345 e. The highest BCUT2D eigenvalue weighted by Crippen LogP contribution is 2.18. The number of carbonyl (C=O) groups is 1. The predicted molar refractivity (Wildman–Crippen MR) is 121 cm³/mol. The van der Waals surface area contributed by atoms with Gasteiger partial charge in [-0.3, -0.25) is 4.79 Å². The van der Waals surface area contributed by atoms with Crippen LogP contribution in [0.4, 0.5) is 0 Å². The summed E-state index contributed by atoms with van der Waals surface area (Å²) in [5, 5.41) is 1.31.